The third-order valence-corrected chi connectivity index (χ3v) is 3.67. The Morgan fingerprint density at radius 1 is 1.60 bits per heavy atom. The third-order valence-electron chi connectivity index (χ3n) is 2.88. The van der Waals surface area contributed by atoms with Gasteiger partial charge in [-0.2, -0.15) is 4.37 Å². The molecule has 0 spiro atoms. The van der Waals surface area contributed by atoms with Crippen LogP contribution in [0.2, 0.25) is 0 Å². The van der Waals surface area contributed by atoms with Crippen LogP contribution < -0.4 is 4.74 Å². The quantitative estimate of drug-likeness (QED) is 0.793. The smallest absolute Gasteiger partial charge is 0.225 e. The fraction of sp³-hybridized carbons (Fsp3) is 0.636. The zero-order chi connectivity index (χ0) is 10.7. The summed E-state index contributed by atoms with van der Waals surface area (Å²) in [5.74, 6) is 1.32. The van der Waals surface area contributed by atoms with E-state index in [0.29, 0.717) is 11.7 Å². The molecule has 0 aliphatic heterocycles. The van der Waals surface area contributed by atoms with Crippen molar-refractivity contribution >= 4 is 17.3 Å². The molecule has 3 nitrogen and oxygen atoms in total. The average molecular weight is 225 g/mol. The van der Waals surface area contributed by atoms with Gasteiger partial charge in [-0.25, -0.2) is 0 Å². The number of carbonyl (C=O) groups is 1. The van der Waals surface area contributed by atoms with Crippen LogP contribution in [-0.2, 0) is 11.2 Å². The molecular formula is C11H15NO2S. The van der Waals surface area contributed by atoms with Gasteiger partial charge in [0.15, 0.2) is 0 Å². The molecule has 1 heterocycles. The number of ketones is 1. The van der Waals surface area contributed by atoms with E-state index in [0.717, 1.165) is 30.6 Å². The van der Waals surface area contributed by atoms with Gasteiger partial charge >= 0.3 is 0 Å². The minimum atomic E-state index is 0.226. The molecule has 0 bridgehead atoms. The second kappa shape index (κ2) is 4.75. The first-order chi connectivity index (χ1) is 7.29. The Hall–Kier alpha value is -0.900. The summed E-state index contributed by atoms with van der Waals surface area (Å²) in [6.45, 7) is 0. The highest BCUT2D eigenvalue weighted by Gasteiger charge is 2.23. The number of hydrogen-bond acceptors (Lipinski definition) is 4. The molecule has 1 aromatic heterocycles. The van der Waals surface area contributed by atoms with Crippen molar-refractivity contribution in [1.82, 2.24) is 4.37 Å². The van der Waals surface area contributed by atoms with Gasteiger partial charge < -0.3 is 4.74 Å². The van der Waals surface area contributed by atoms with E-state index in [1.165, 1.54) is 18.0 Å². The Labute approximate surface area is 93.6 Å². The van der Waals surface area contributed by atoms with Crippen LogP contribution in [0.1, 0.15) is 30.6 Å². The van der Waals surface area contributed by atoms with Crippen LogP contribution in [0, 0.1) is 5.92 Å². The maximum Gasteiger partial charge on any atom is 0.225 e. The van der Waals surface area contributed by atoms with Crippen LogP contribution in [0.3, 0.4) is 0 Å². The molecule has 82 valence electrons. The molecule has 0 radical (unpaired) electrons. The number of nitrogens with zero attached hydrogens (tertiary/aromatic N) is 1. The number of rotatable bonds is 3. The lowest BCUT2D eigenvalue weighted by Crippen LogP contribution is -2.20. The van der Waals surface area contributed by atoms with Gasteiger partial charge in [0.2, 0.25) is 5.88 Å². The summed E-state index contributed by atoms with van der Waals surface area (Å²) in [7, 11) is 1.62. The molecule has 0 amide bonds. The highest BCUT2D eigenvalue weighted by Crippen LogP contribution is 2.27. The van der Waals surface area contributed by atoms with Crippen LogP contribution in [-0.4, -0.2) is 17.3 Å². The first-order valence-electron chi connectivity index (χ1n) is 5.32. The first kappa shape index (κ1) is 10.6. The summed E-state index contributed by atoms with van der Waals surface area (Å²) in [6.07, 6.45) is 4.91. The van der Waals surface area contributed by atoms with Crippen molar-refractivity contribution in [3.8, 4) is 5.88 Å². The van der Waals surface area contributed by atoms with Gasteiger partial charge in [-0.05, 0) is 30.8 Å². The second-order valence-corrected chi connectivity index (χ2v) is 4.84. The summed E-state index contributed by atoms with van der Waals surface area (Å²) in [6, 6.07) is 1.94. The molecule has 1 aliphatic rings. The third kappa shape index (κ3) is 2.56. The number of aromatic nitrogens is 1. The van der Waals surface area contributed by atoms with E-state index < -0.39 is 0 Å². The van der Waals surface area contributed by atoms with E-state index in [-0.39, 0.29) is 5.92 Å². The Morgan fingerprint density at radius 3 is 3.13 bits per heavy atom. The standard InChI is InChI=1S/C11H15NO2S/c1-14-11-7-9(15-12-11)6-8-4-2-3-5-10(8)13/h7-8H,2-6H2,1H3. The fourth-order valence-corrected chi connectivity index (χ4v) is 2.76. The van der Waals surface area contributed by atoms with Crippen LogP contribution in [0.5, 0.6) is 5.88 Å². The molecule has 1 saturated carbocycles. The highest BCUT2D eigenvalue weighted by molar-refractivity contribution is 7.05. The van der Waals surface area contributed by atoms with Gasteiger partial charge in [-0.3, -0.25) is 4.79 Å². The van der Waals surface area contributed by atoms with Crippen LogP contribution in [0.4, 0.5) is 0 Å². The van der Waals surface area contributed by atoms with Gasteiger partial charge in [-0.1, -0.05) is 6.42 Å². The minimum absolute atomic E-state index is 0.226. The lowest BCUT2D eigenvalue weighted by molar-refractivity contribution is -0.124. The van der Waals surface area contributed by atoms with Gasteiger partial charge in [0.1, 0.15) is 5.78 Å². The van der Waals surface area contributed by atoms with Crippen molar-refractivity contribution in [3.05, 3.63) is 10.9 Å². The number of hydrogen-bond donors (Lipinski definition) is 0. The molecule has 15 heavy (non-hydrogen) atoms. The van der Waals surface area contributed by atoms with Crippen molar-refractivity contribution in [3.63, 3.8) is 0 Å². The van der Waals surface area contributed by atoms with Crippen molar-refractivity contribution in [1.29, 1.82) is 0 Å². The maximum absolute atomic E-state index is 11.6. The van der Waals surface area contributed by atoms with Gasteiger partial charge in [-0.15, -0.1) is 0 Å². The molecular weight excluding hydrogens is 210 g/mol. The van der Waals surface area contributed by atoms with E-state index in [2.05, 4.69) is 4.37 Å². The molecule has 0 saturated heterocycles. The Bertz CT molecular complexity index is 348. The lowest BCUT2D eigenvalue weighted by atomic mass is 9.85. The van der Waals surface area contributed by atoms with E-state index in [4.69, 9.17) is 4.74 Å². The normalized spacial score (nSPS) is 21.7. The van der Waals surface area contributed by atoms with Crippen molar-refractivity contribution in [2.24, 2.45) is 5.92 Å². The van der Waals surface area contributed by atoms with Crippen molar-refractivity contribution in [2.45, 2.75) is 32.1 Å². The summed E-state index contributed by atoms with van der Waals surface area (Å²) < 4.78 is 9.16. The number of ether oxygens (including phenoxy) is 1. The molecule has 0 aromatic carbocycles. The highest BCUT2D eigenvalue weighted by atomic mass is 32.1. The molecule has 2 rings (SSSR count). The molecule has 4 heteroatoms. The van der Waals surface area contributed by atoms with Crippen LogP contribution in [0.25, 0.3) is 0 Å². The van der Waals surface area contributed by atoms with Crippen LogP contribution in [0.15, 0.2) is 6.07 Å². The number of methoxy groups -OCH3 is 1. The molecule has 1 fully saturated rings. The Balaban J connectivity index is 1.98. The molecule has 0 N–H and O–H groups in total. The summed E-state index contributed by atoms with van der Waals surface area (Å²) in [5.41, 5.74) is 0. The summed E-state index contributed by atoms with van der Waals surface area (Å²) in [4.78, 5) is 12.8. The maximum atomic E-state index is 11.6. The predicted molar refractivity (Wildman–Crippen MR) is 59.3 cm³/mol. The summed E-state index contributed by atoms with van der Waals surface area (Å²) in [5, 5.41) is 0. The SMILES string of the molecule is COc1cc(CC2CCCCC2=O)sn1. The first-order valence-corrected chi connectivity index (χ1v) is 6.09. The lowest BCUT2D eigenvalue weighted by Gasteiger charge is -2.19. The zero-order valence-corrected chi connectivity index (χ0v) is 9.68. The van der Waals surface area contributed by atoms with Gasteiger partial charge in [0, 0.05) is 23.3 Å². The molecule has 1 aromatic rings. The number of carbonyl (C=O) groups excluding carboxylic acids is 1. The van der Waals surface area contributed by atoms with E-state index in [9.17, 15) is 4.79 Å². The fourth-order valence-electron chi connectivity index (χ4n) is 2.00. The number of Topliss-reactive ketones (excluding diaryl/α,β-unsaturated/α-hetero) is 1. The largest absolute Gasteiger partial charge is 0.480 e. The van der Waals surface area contributed by atoms with Gasteiger partial charge in [0.25, 0.3) is 0 Å². The Morgan fingerprint density at radius 2 is 2.47 bits per heavy atom. The molecule has 1 unspecified atom stereocenters. The van der Waals surface area contributed by atoms with Crippen molar-refractivity contribution in [2.75, 3.05) is 7.11 Å². The van der Waals surface area contributed by atoms with E-state index in [1.54, 1.807) is 7.11 Å². The van der Waals surface area contributed by atoms with E-state index in [1.807, 2.05) is 6.07 Å². The molecule has 1 aliphatic carbocycles. The van der Waals surface area contributed by atoms with Crippen molar-refractivity contribution < 1.29 is 9.53 Å². The zero-order valence-electron chi connectivity index (χ0n) is 8.86. The minimum Gasteiger partial charge on any atom is -0.480 e. The Kier molecular flexibility index (Phi) is 3.36. The predicted octanol–water partition coefficient (Wildman–Crippen LogP) is 2.45. The van der Waals surface area contributed by atoms with Crippen LogP contribution >= 0.6 is 11.5 Å². The summed E-state index contributed by atoms with van der Waals surface area (Å²) >= 11 is 1.44. The monoisotopic (exact) mass is 225 g/mol. The molecule has 1 atom stereocenters. The van der Waals surface area contributed by atoms with Gasteiger partial charge in [0.05, 0.1) is 7.11 Å². The van der Waals surface area contributed by atoms with E-state index >= 15 is 0 Å². The second-order valence-electron chi connectivity index (χ2n) is 3.95. The average Bonchev–Trinajstić information content (AvgIpc) is 2.69. The topological polar surface area (TPSA) is 39.2 Å².